The fourth-order valence-corrected chi connectivity index (χ4v) is 1.23. The van der Waals surface area contributed by atoms with Crippen LogP contribution in [0.4, 0.5) is 5.69 Å². The second-order valence-corrected chi connectivity index (χ2v) is 3.14. The van der Waals surface area contributed by atoms with Crippen molar-refractivity contribution in [1.82, 2.24) is 0 Å². The summed E-state index contributed by atoms with van der Waals surface area (Å²) in [6.45, 7) is 0. The highest BCUT2D eigenvalue weighted by Gasteiger charge is 1.96. The molecule has 0 saturated carbocycles. The van der Waals surface area contributed by atoms with Gasteiger partial charge in [0.15, 0.2) is 0 Å². The zero-order chi connectivity index (χ0) is 8.27. The molecule has 1 aromatic carbocycles. The van der Waals surface area contributed by atoms with Crippen LogP contribution < -0.4 is 10.5 Å². The van der Waals surface area contributed by atoms with E-state index in [-0.39, 0.29) is 0 Å². The maximum Gasteiger partial charge on any atom is 0.122 e. The van der Waals surface area contributed by atoms with Crippen molar-refractivity contribution >= 4 is 16.7 Å². The Labute approximate surface area is 68.2 Å². The molecule has 1 aromatic rings. The average molecular weight is 170 g/mol. The SMILES string of the molecule is CNc1cccc(S(N)=O)c1. The summed E-state index contributed by atoms with van der Waals surface area (Å²) in [5.74, 6) is 0. The molecule has 0 saturated heterocycles. The standard InChI is InChI=1S/C7H10N2OS/c1-9-6-3-2-4-7(5-6)11(8)10/h2-5,9H,8H2,1H3. The third-order valence-electron chi connectivity index (χ3n) is 1.36. The molecular weight excluding hydrogens is 160 g/mol. The predicted octanol–water partition coefficient (Wildman–Crippen LogP) is 0.710. The van der Waals surface area contributed by atoms with E-state index >= 15 is 0 Å². The van der Waals surface area contributed by atoms with Gasteiger partial charge in [-0.05, 0) is 18.2 Å². The van der Waals surface area contributed by atoms with Crippen LogP contribution in [-0.2, 0) is 11.0 Å². The van der Waals surface area contributed by atoms with Gasteiger partial charge in [0.25, 0.3) is 0 Å². The molecule has 0 aromatic heterocycles. The molecule has 0 bridgehead atoms. The van der Waals surface area contributed by atoms with Crippen LogP contribution in [-0.4, -0.2) is 11.3 Å². The molecule has 0 fully saturated rings. The van der Waals surface area contributed by atoms with E-state index in [2.05, 4.69) is 5.32 Å². The first kappa shape index (κ1) is 8.23. The van der Waals surface area contributed by atoms with Crippen LogP contribution in [0.3, 0.4) is 0 Å². The number of anilines is 1. The number of hydrogen-bond donors (Lipinski definition) is 2. The molecule has 1 rings (SSSR count). The summed E-state index contributed by atoms with van der Waals surface area (Å²) in [7, 11) is 0.423. The van der Waals surface area contributed by atoms with Gasteiger partial charge in [0.05, 0.1) is 4.90 Å². The van der Waals surface area contributed by atoms with Gasteiger partial charge in [-0.3, -0.25) is 0 Å². The summed E-state index contributed by atoms with van der Waals surface area (Å²) in [6.07, 6.45) is 0. The van der Waals surface area contributed by atoms with Crippen LogP contribution in [0.1, 0.15) is 0 Å². The second kappa shape index (κ2) is 3.50. The van der Waals surface area contributed by atoms with E-state index in [9.17, 15) is 4.21 Å². The van der Waals surface area contributed by atoms with Crippen LogP contribution in [0.15, 0.2) is 29.2 Å². The molecular formula is C7H10N2OS. The predicted molar refractivity (Wildman–Crippen MR) is 46.6 cm³/mol. The minimum Gasteiger partial charge on any atom is -0.388 e. The lowest BCUT2D eigenvalue weighted by atomic mass is 10.3. The molecule has 0 aliphatic heterocycles. The molecule has 1 unspecified atom stereocenters. The molecule has 4 heteroatoms. The van der Waals surface area contributed by atoms with Gasteiger partial charge in [-0.25, -0.2) is 9.35 Å². The highest BCUT2D eigenvalue weighted by molar-refractivity contribution is 7.82. The van der Waals surface area contributed by atoms with E-state index in [4.69, 9.17) is 5.14 Å². The normalized spacial score (nSPS) is 12.5. The topological polar surface area (TPSA) is 55.1 Å². The quantitative estimate of drug-likeness (QED) is 0.686. The van der Waals surface area contributed by atoms with Crippen molar-refractivity contribution in [2.75, 3.05) is 12.4 Å². The summed E-state index contributed by atoms with van der Waals surface area (Å²) in [4.78, 5) is 0.636. The first-order chi connectivity index (χ1) is 5.24. The van der Waals surface area contributed by atoms with Crippen LogP contribution in [0, 0.1) is 0 Å². The van der Waals surface area contributed by atoms with E-state index < -0.39 is 11.0 Å². The Morgan fingerprint density at radius 3 is 2.82 bits per heavy atom. The average Bonchev–Trinajstić information content (AvgIpc) is 2.05. The van der Waals surface area contributed by atoms with E-state index in [1.54, 1.807) is 19.2 Å². The Morgan fingerprint density at radius 2 is 2.27 bits per heavy atom. The van der Waals surface area contributed by atoms with Crippen molar-refractivity contribution < 1.29 is 4.21 Å². The molecule has 1 atom stereocenters. The third kappa shape index (κ3) is 2.03. The number of nitrogens with two attached hydrogens (primary N) is 1. The Bertz CT molecular complexity index is 275. The minimum absolute atomic E-state index is 0.636. The number of hydrogen-bond acceptors (Lipinski definition) is 2. The van der Waals surface area contributed by atoms with Gasteiger partial charge in [0.2, 0.25) is 0 Å². The van der Waals surface area contributed by atoms with Crippen molar-refractivity contribution in [3.63, 3.8) is 0 Å². The van der Waals surface area contributed by atoms with E-state index in [0.29, 0.717) is 4.90 Å². The molecule has 60 valence electrons. The lowest BCUT2D eigenvalue weighted by molar-refractivity contribution is 0.684. The lowest BCUT2D eigenvalue weighted by Gasteiger charge is -2.00. The van der Waals surface area contributed by atoms with Crippen LogP contribution in [0.2, 0.25) is 0 Å². The van der Waals surface area contributed by atoms with Crippen LogP contribution in [0.25, 0.3) is 0 Å². The van der Waals surface area contributed by atoms with E-state index in [0.717, 1.165) is 5.69 Å². The van der Waals surface area contributed by atoms with Crippen LogP contribution in [0.5, 0.6) is 0 Å². The van der Waals surface area contributed by atoms with E-state index in [1.807, 2.05) is 12.1 Å². The molecule has 3 N–H and O–H groups in total. The Hall–Kier alpha value is -0.870. The maximum atomic E-state index is 10.8. The zero-order valence-electron chi connectivity index (χ0n) is 6.20. The number of benzene rings is 1. The molecule has 0 aliphatic rings. The van der Waals surface area contributed by atoms with Crippen molar-refractivity contribution in [2.45, 2.75) is 4.90 Å². The van der Waals surface area contributed by atoms with Crippen molar-refractivity contribution in [3.05, 3.63) is 24.3 Å². The first-order valence-electron chi connectivity index (χ1n) is 3.18. The fraction of sp³-hybridized carbons (Fsp3) is 0.143. The van der Waals surface area contributed by atoms with Crippen LogP contribution >= 0.6 is 0 Å². The first-order valence-corrected chi connectivity index (χ1v) is 4.39. The molecule has 0 radical (unpaired) electrons. The van der Waals surface area contributed by atoms with Crippen molar-refractivity contribution in [3.8, 4) is 0 Å². The zero-order valence-corrected chi connectivity index (χ0v) is 7.02. The van der Waals surface area contributed by atoms with Gasteiger partial charge in [-0.1, -0.05) is 6.07 Å². The summed E-state index contributed by atoms with van der Waals surface area (Å²) in [5.41, 5.74) is 0.918. The number of rotatable bonds is 2. The van der Waals surface area contributed by atoms with Gasteiger partial charge in [0.1, 0.15) is 11.0 Å². The summed E-state index contributed by atoms with van der Waals surface area (Å²) < 4.78 is 10.8. The van der Waals surface area contributed by atoms with Gasteiger partial charge in [0, 0.05) is 12.7 Å². The van der Waals surface area contributed by atoms with E-state index in [1.165, 1.54) is 0 Å². The minimum atomic E-state index is -1.38. The highest BCUT2D eigenvalue weighted by atomic mass is 32.2. The van der Waals surface area contributed by atoms with Crippen molar-refractivity contribution in [2.24, 2.45) is 5.14 Å². The smallest absolute Gasteiger partial charge is 0.122 e. The van der Waals surface area contributed by atoms with Gasteiger partial charge in [-0.2, -0.15) is 0 Å². The maximum absolute atomic E-state index is 10.8. The summed E-state index contributed by atoms with van der Waals surface area (Å²) in [6, 6.07) is 7.19. The fourth-order valence-electron chi connectivity index (χ4n) is 0.777. The largest absolute Gasteiger partial charge is 0.388 e. The molecule has 0 heterocycles. The Morgan fingerprint density at radius 1 is 1.55 bits per heavy atom. The molecule has 0 aliphatic carbocycles. The Kier molecular flexibility index (Phi) is 2.62. The lowest BCUT2D eigenvalue weighted by Crippen LogP contribution is -2.02. The van der Waals surface area contributed by atoms with Crippen molar-refractivity contribution in [1.29, 1.82) is 0 Å². The number of nitrogens with one attached hydrogen (secondary N) is 1. The second-order valence-electron chi connectivity index (χ2n) is 2.08. The summed E-state index contributed by atoms with van der Waals surface area (Å²) >= 11 is 0. The molecule has 11 heavy (non-hydrogen) atoms. The molecule has 0 amide bonds. The third-order valence-corrected chi connectivity index (χ3v) is 2.07. The van der Waals surface area contributed by atoms with Gasteiger partial charge < -0.3 is 5.32 Å². The van der Waals surface area contributed by atoms with Gasteiger partial charge >= 0.3 is 0 Å². The highest BCUT2D eigenvalue weighted by Crippen LogP contribution is 2.10. The summed E-state index contributed by atoms with van der Waals surface area (Å²) in [5, 5.41) is 8.11. The molecule has 0 spiro atoms. The molecule has 3 nitrogen and oxygen atoms in total. The monoisotopic (exact) mass is 170 g/mol. The Balaban J connectivity index is 3.01. The van der Waals surface area contributed by atoms with Gasteiger partial charge in [-0.15, -0.1) is 0 Å².